The van der Waals surface area contributed by atoms with Crippen LogP contribution in [0.4, 0.5) is 5.69 Å². The van der Waals surface area contributed by atoms with Gasteiger partial charge in [-0.05, 0) is 34.6 Å². The number of nitrogens with zero attached hydrogens (tertiary/aromatic N) is 1. The lowest BCUT2D eigenvalue weighted by molar-refractivity contribution is -0.385. The van der Waals surface area contributed by atoms with Crippen LogP contribution in [0.1, 0.15) is 12.5 Å². The van der Waals surface area contributed by atoms with Gasteiger partial charge in [0.2, 0.25) is 0 Å². The first-order valence-corrected chi connectivity index (χ1v) is 7.57. The maximum atomic E-state index is 11.2. The maximum absolute atomic E-state index is 11.2. The summed E-state index contributed by atoms with van der Waals surface area (Å²) < 4.78 is 22.9. The molecule has 0 atom stereocenters. The fourth-order valence-corrected chi connectivity index (χ4v) is 4.10. The fraction of sp³-hybridized carbons (Fsp3) is 0.250. The first-order valence-electron chi connectivity index (χ1n) is 4.18. The summed E-state index contributed by atoms with van der Waals surface area (Å²) in [7, 11) is 1.25. The van der Waals surface area contributed by atoms with Gasteiger partial charge in [-0.1, -0.05) is 6.92 Å². The van der Waals surface area contributed by atoms with Gasteiger partial charge in [0, 0.05) is 26.4 Å². The van der Waals surface area contributed by atoms with Crippen LogP contribution in [-0.2, 0) is 15.5 Å². The average molecular weight is 376 g/mol. The predicted molar refractivity (Wildman–Crippen MR) is 68.2 cm³/mol. The molecule has 0 saturated heterocycles. The molecule has 0 amide bonds. The van der Waals surface area contributed by atoms with E-state index in [0.29, 0.717) is 15.6 Å². The summed E-state index contributed by atoms with van der Waals surface area (Å²) in [6.07, 6.45) is 0.499. The quantitative estimate of drug-likeness (QED) is 0.352. The summed E-state index contributed by atoms with van der Waals surface area (Å²) in [5.74, 6) is 0. The van der Waals surface area contributed by atoms with Gasteiger partial charge in [0.25, 0.3) is 14.7 Å². The van der Waals surface area contributed by atoms with Gasteiger partial charge >= 0.3 is 0 Å². The summed E-state index contributed by atoms with van der Waals surface area (Å²) in [5, 5.41) is 10.6. The monoisotopic (exact) mass is 375 g/mol. The van der Waals surface area contributed by atoms with E-state index in [2.05, 4.69) is 0 Å². The molecule has 0 saturated carbocycles. The number of benzene rings is 1. The summed E-state index contributed by atoms with van der Waals surface area (Å²) in [6.45, 7) is 1.78. The molecular weight excluding hydrogens is 369 g/mol. The van der Waals surface area contributed by atoms with Crippen LogP contribution in [0.5, 0.6) is 0 Å². The van der Waals surface area contributed by atoms with Crippen LogP contribution in [0.25, 0.3) is 0 Å². The number of hydrogen-bond acceptors (Lipinski definition) is 4. The van der Waals surface area contributed by atoms with Crippen molar-refractivity contribution in [3.8, 4) is 0 Å². The number of rotatable bonds is 3. The molecule has 0 spiro atoms. The van der Waals surface area contributed by atoms with Crippen molar-refractivity contribution < 1.29 is 13.3 Å². The first-order chi connectivity index (χ1) is 7.27. The highest BCUT2D eigenvalue weighted by Gasteiger charge is 2.21. The molecule has 0 heterocycles. The molecule has 1 aromatic rings. The highest BCUT2D eigenvalue weighted by molar-refractivity contribution is 14.1. The molecule has 16 heavy (non-hydrogen) atoms. The van der Waals surface area contributed by atoms with E-state index in [1.807, 2.05) is 22.6 Å². The Morgan fingerprint density at radius 1 is 1.50 bits per heavy atom. The highest BCUT2D eigenvalue weighted by atomic mass is 127. The van der Waals surface area contributed by atoms with Gasteiger partial charge in [0.1, 0.15) is 4.90 Å². The van der Waals surface area contributed by atoms with Crippen LogP contribution in [-0.4, -0.2) is 13.3 Å². The summed E-state index contributed by atoms with van der Waals surface area (Å²) in [4.78, 5) is 9.78. The van der Waals surface area contributed by atoms with Gasteiger partial charge in [0.15, 0.2) is 0 Å². The first kappa shape index (κ1) is 13.7. The van der Waals surface area contributed by atoms with Crippen LogP contribution in [0, 0.1) is 13.7 Å². The number of hydrogen-bond donors (Lipinski definition) is 0. The minimum Gasteiger partial charge on any atom is -0.258 e. The van der Waals surface area contributed by atoms with Gasteiger partial charge in [-0.3, -0.25) is 10.1 Å². The second-order valence-corrected chi connectivity index (χ2v) is 6.58. The molecule has 1 aromatic carbocycles. The van der Waals surface area contributed by atoms with Crippen molar-refractivity contribution in [2.45, 2.75) is 18.2 Å². The van der Waals surface area contributed by atoms with E-state index in [0.717, 1.165) is 6.07 Å². The third-order valence-corrected chi connectivity index (χ3v) is 4.94. The normalized spacial score (nSPS) is 11.4. The van der Waals surface area contributed by atoms with Crippen LogP contribution in [0.2, 0.25) is 0 Å². The van der Waals surface area contributed by atoms with Crippen molar-refractivity contribution in [3.05, 3.63) is 31.4 Å². The Labute approximate surface area is 111 Å². The molecular formula is C8H7ClINO4S. The molecule has 1 rings (SSSR count). The lowest BCUT2D eigenvalue weighted by Crippen LogP contribution is -2.01. The molecule has 0 aliphatic rings. The summed E-state index contributed by atoms with van der Waals surface area (Å²) >= 11 is 1.82. The lowest BCUT2D eigenvalue weighted by atomic mass is 10.1. The van der Waals surface area contributed by atoms with Gasteiger partial charge in [0.05, 0.1) is 4.92 Å². The molecule has 8 heteroatoms. The standard InChI is InChI=1S/C8H7ClINO4S/c1-2-5-3-6(11(12)13)4-7(8(5)10)16(9,14)15/h3-4H,2H2,1H3. The molecule has 0 aliphatic carbocycles. The third-order valence-electron chi connectivity index (χ3n) is 1.95. The van der Waals surface area contributed by atoms with E-state index >= 15 is 0 Å². The lowest BCUT2D eigenvalue weighted by Gasteiger charge is -2.05. The van der Waals surface area contributed by atoms with Gasteiger partial charge in [-0.15, -0.1) is 0 Å². The minimum atomic E-state index is -3.96. The van der Waals surface area contributed by atoms with E-state index in [9.17, 15) is 18.5 Å². The van der Waals surface area contributed by atoms with Crippen molar-refractivity contribution in [1.82, 2.24) is 0 Å². The van der Waals surface area contributed by atoms with Gasteiger partial charge in [-0.2, -0.15) is 0 Å². The van der Waals surface area contributed by atoms with Gasteiger partial charge in [-0.25, -0.2) is 8.42 Å². The van der Waals surface area contributed by atoms with Crippen molar-refractivity contribution >= 4 is 48.0 Å². The number of nitro benzene ring substituents is 1. The van der Waals surface area contributed by atoms with Gasteiger partial charge < -0.3 is 0 Å². The highest BCUT2D eigenvalue weighted by Crippen LogP contribution is 2.30. The Hall–Kier alpha value is -0.410. The molecule has 0 N–H and O–H groups in total. The van der Waals surface area contributed by atoms with Crippen LogP contribution in [0.15, 0.2) is 17.0 Å². The Morgan fingerprint density at radius 3 is 2.44 bits per heavy atom. The zero-order chi connectivity index (χ0) is 12.5. The molecule has 0 bridgehead atoms. The van der Waals surface area contributed by atoms with E-state index in [-0.39, 0.29) is 10.6 Å². The maximum Gasteiger partial charge on any atom is 0.271 e. The fourth-order valence-electron chi connectivity index (χ4n) is 1.18. The van der Waals surface area contributed by atoms with Crippen LogP contribution >= 0.6 is 33.3 Å². The molecule has 5 nitrogen and oxygen atoms in total. The van der Waals surface area contributed by atoms with E-state index in [1.54, 1.807) is 6.92 Å². The summed E-state index contributed by atoms with van der Waals surface area (Å²) in [6, 6.07) is 2.33. The second-order valence-electron chi connectivity index (χ2n) is 2.97. The molecule has 0 aliphatic heterocycles. The zero-order valence-electron chi connectivity index (χ0n) is 8.11. The molecule has 88 valence electrons. The van der Waals surface area contributed by atoms with Crippen molar-refractivity contribution in [2.24, 2.45) is 0 Å². The van der Waals surface area contributed by atoms with Crippen molar-refractivity contribution in [2.75, 3.05) is 0 Å². The van der Waals surface area contributed by atoms with E-state index < -0.39 is 14.0 Å². The molecule has 0 radical (unpaired) electrons. The van der Waals surface area contributed by atoms with Crippen molar-refractivity contribution in [1.29, 1.82) is 0 Å². The Bertz CT molecular complexity index is 543. The number of aryl methyl sites for hydroxylation is 1. The Kier molecular flexibility index (Phi) is 4.13. The SMILES string of the molecule is CCc1cc([N+](=O)[O-])cc(S(=O)(=O)Cl)c1I. The Morgan fingerprint density at radius 2 is 2.06 bits per heavy atom. The largest absolute Gasteiger partial charge is 0.271 e. The summed E-state index contributed by atoms with van der Waals surface area (Å²) in [5.41, 5.74) is 0.325. The predicted octanol–water partition coefficient (Wildman–Crippen LogP) is 2.69. The van der Waals surface area contributed by atoms with Crippen LogP contribution in [0.3, 0.4) is 0 Å². The molecule has 0 unspecified atom stereocenters. The van der Waals surface area contributed by atoms with E-state index in [1.165, 1.54) is 6.07 Å². The molecule has 0 fully saturated rings. The van der Waals surface area contributed by atoms with Crippen LogP contribution < -0.4 is 0 Å². The number of nitro groups is 1. The smallest absolute Gasteiger partial charge is 0.258 e. The zero-order valence-corrected chi connectivity index (χ0v) is 11.8. The average Bonchev–Trinajstić information content (AvgIpc) is 2.15. The third kappa shape index (κ3) is 2.83. The topological polar surface area (TPSA) is 77.3 Å². The minimum absolute atomic E-state index is 0.208. The van der Waals surface area contributed by atoms with Crippen molar-refractivity contribution in [3.63, 3.8) is 0 Å². The molecule has 0 aromatic heterocycles. The Balaban J connectivity index is 3.61. The number of halogens is 2. The number of non-ortho nitro benzene ring substituents is 1. The van der Waals surface area contributed by atoms with E-state index in [4.69, 9.17) is 10.7 Å². The second kappa shape index (κ2) is 4.84.